The van der Waals surface area contributed by atoms with Crippen molar-refractivity contribution in [1.82, 2.24) is 19.5 Å². The monoisotopic (exact) mass is 313 g/mol. The quantitative estimate of drug-likeness (QED) is 0.811. The lowest BCUT2D eigenvalue weighted by molar-refractivity contribution is -0.0300. The van der Waals surface area contributed by atoms with Gasteiger partial charge in [-0.3, -0.25) is 4.57 Å². The summed E-state index contributed by atoms with van der Waals surface area (Å²) >= 11 is 0. The smallest absolute Gasteiger partial charge is 0.167 e. The Bertz CT molecular complexity index is 579. The standard InChI is InChI=1S/C11H15N5O2.CH5OP/c1-17-4-7-2-3-8(18-7)16-6-15-9-10(12)13-5-14-11(9)16;1-3-2/h5-8H,2-4H2,1H3,(H2,12,13,14);2-3H,1H3. The molecule has 0 bridgehead atoms. The zero-order chi connectivity index (χ0) is 15.2. The molecule has 2 aromatic heterocycles. The molecule has 0 saturated carbocycles. The lowest BCUT2D eigenvalue weighted by Crippen LogP contribution is -2.15. The lowest BCUT2D eigenvalue weighted by atomic mass is 10.2. The van der Waals surface area contributed by atoms with Crippen LogP contribution in [0.3, 0.4) is 0 Å². The van der Waals surface area contributed by atoms with E-state index in [4.69, 9.17) is 20.1 Å². The molecule has 3 N–H and O–H groups in total. The van der Waals surface area contributed by atoms with Gasteiger partial charge in [0, 0.05) is 15.9 Å². The van der Waals surface area contributed by atoms with Crippen LogP contribution in [-0.2, 0) is 9.47 Å². The molecule has 0 amide bonds. The number of anilines is 1. The Morgan fingerprint density at radius 1 is 1.48 bits per heavy atom. The third-order valence-electron chi connectivity index (χ3n) is 3.14. The highest BCUT2D eigenvalue weighted by molar-refractivity contribution is 7.29. The minimum absolute atomic E-state index is 0.0514. The molecule has 0 aromatic carbocycles. The molecule has 0 radical (unpaired) electrons. The molecule has 1 saturated heterocycles. The fourth-order valence-corrected chi connectivity index (χ4v) is 2.28. The predicted molar refractivity (Wildman–Crippen MR) is 81.2 cm³/mol. The van der Waals surface area contributed by atoms with Gasteiger partial charge in [-0.2, -0.15) is 0 Å². The summed E-state index contributed by atoms with van der Waals surface area (Å²) in [5, 5.41) is 0. The van der Waals surface area contributed by atoms with Crippen molar-refractivity contribution >= 4 is 25.8 Å². The van der Waals surface area contributed by atoms with E-state index < -0.39 is 0 Å². The van der Waals surface area contributed by atoms with E-state index in [2.05, 4.69) is 15.0 Å². The lowest BCUT2D eigenvalue weighted by Gasteiger charge is -2.14. The number of imidazole rings is 1. The van der Waals surface area contributed by atoms with E-state index in [9.17, 15) is 0 Å². The molecule has 1 aliphatic rings. The number of rotatable bonds is 3. The van der Waals surface area contributed by atoms with E-state index in [-0.39, 0.29) is 21.1 Å². The molecular formula is C12H20N5O3P. The maximum Gasteiger partial charge on any atom is 0.167 e. The van der Waals surface area contributed by atoms with Crippen LogP contribution in [0.2, 0.25) is 0 Å². The van der Waals surface area contributed by atoms with E-state index in [0.717, 1.165) is 12.8 Å². The summed E-state index contributed by atoms with van der Waals surface area (Å²) in [5.74, 6) is 0.394. The highest BCUT2D eigenvalue weighted by Gasteiger charge is 2.28. The van der Waals surface area contributed by atoms with Gasteiger partial charge < -0.3 is 20.1 Å². The first kappa shape index (κ1) is 16.0. The molecule has 1 fully saturated rings. The number of methoxy groups -OCH3 is 1. The van der Waals surface area contributed by atoms with Gasteiger partial charge in [-0.05, 0) is 19.5 Å². The van der Waals surface area contributed by atoms with Crippen LogP contribution in [-0.4, -0.2) is 50.9 Å². The number of ether oxygens (including phenoxy) is 2. The average molecular weight is 313 g/mol. The molecule has 8 nitrogen and oxygen atoms in total. The van der Waals surface area contributed by atoms with Gasteiger partial charge in [0.15, 0.2) is 11.5 Å². The molecule has 116 valence electrons. The highest BCUT2D eigenvalue weighted by atomic mass is 31.1. The Labute approximate surface area is 124 Å². The summed E-state index contributed by atoms with van der Waals surface area (Å²) in [4.78, 5) is 20.0. The number of nitrogen functional groups attached to an aromatic ring is 1. The van der Waals surface area contributed by atoms with Crippen molar-refractivity contribution in [1.29, 1.82) is 0 Å². The molecular weight excluding hydrogens is 293 g/mol. The molecule has 9 heteroatoms. The van der Waals surface area contributed by atoms with Gasteiger partial charge in [0.2, 0.25) is 0 Å². The first-order valence-corrected chi connectivity index (χ1v) is 8.04. The van der Waals surface area contributed by atoms with Crippen molar-refractivity contribution in [2.24, 2.45) is 0 Å². The average Bonchev–Trinajstić information content (AvgIpc) is 3.07. The van der Waals surface area contributed by atoms with E-state index in [1.807, 2.05) is 4.57 Å². The van der Waals surface area contributed by atoms with Crippen molar-refractivity contribution in [2.45, 2.75) is 25.2 Å². The zero-order valence-electron chi connectivity index (χ0n) is 12.1. The second-order valence-electron chi connectivity index (χ2n) is 4.55. The topological polar surface area (TPSA) is 108 Å². The summed E-state index contributed by atoms with van der Waals surface area (Å²) < 4.78 is 12.9. The predicted octanol–water partition coefficient (Wildman–Crippen LogP) is 0.934. The van der Waals surface area contributed by atoms with Gasteiger partial charge in [-0.25, -0.2) is 15.0 Å². The van der Waals surface area contributed by atoms with Crippen LogP contribution >= 0.6 is 8.81 Å². The van der Waals surface area contributed by atoms with Crippen LogP contribution in [0, 0.1) is 0 Å². The van der Waals surface area contributed by atoms with E-state index in [1.54, 1.807) is 20.1 Å². The summed E-state index contributed by atoms with van der Waals surface area (Å²) in [6, 6.07) is 0. The molecule has 1 aliphatic heterocycles. The van der Waals surface area contributed by atoms with Crippen molar-refractivity contribution in [3.8, 4) is 0 Å². The molecule has 2 aromatic rings. The van der Waals surface area contributed by atoms with E-state index >= 15 is 0 Å². The Balaban J connectivity index is 0.000000497. The Hall–Kier alpha value is -1.34. The first-order chi connectivity index (χ1) is 10.2. The number of nitrogens with two attached hydrogens (primary N) is 1. The fraction of sp³-hybridized carbons (Fsp3) is 0.583. The molecule has 0 spiro atoms. The maximum atomic E-state index is 7.60. The minimum Gasteiger partial charge on any atom is -0.382 e. The Morgan fingerprint density at radius 3 is 2.95 bits per heavy atom. The van der Waals surface area contributed by atoms with Gasteiger partial charge in [-0.1, -0.05) is 0 Å². The maximum absolute atomic E-state index is 7.60. The van der Waals surface area contributed by atoms with Gasteiger partial charge in [-0.15, -0.1) is 0 Å². The number of nitrogens with zero attached hydrogens (tertiary/aromatic N) is 4. The van der Waals surface area contributed by atoms with E-state index in [1.165, 1.54) is 6.33 Å². The van der Waals surface area contributed by atoms with Crippen LogP contribution in [0.4, 0.5) is 5.82 Å². The molecule has 3 unspecified atom stereocenters. The first-order valence-electron chi connectivity index (χ1n) is 6.59. The van der Waals surface area contributed by atoms with Gasteiger partial charge in [0.05, 0.1) is 19.0 Å². The summed E-state index contributed by atoms with van der Waals surface area (Å²) in [5.41, 5.74) is 7.09. The zero-order valence-corrected chi connectivity index (χ0v) is 13.1. The second-order valence-corrected chi connectivity index (χ2v) is 5.00. The number of aromatic nitrogens is 4. The van der Waals surface area contributed by atoms with Crippen molar-refractivity contribution in [3.05, 3.63) is 12.7 Å². The van der Waals surface area contributed by atoms with Crippen molar-refractivity contribution in [3.63, 3.8) is 0 Å². The largest absolute Gasteiger partial charge is 0.382 e. The SMILES string of the molecule is COCC1CCC(n2cnc3c(N)ncnc32)O1.CPO. The highest BCUT2D eigenvalue weighted by Crippen LogP contribution is 2.30. The third kappa shape index (κ3) is 3.65. The fourth-order valence-electron chi connectivity index (χ4n) is 2.28. The third-order valence-corrected chi connectivity index (χ3v) is 3.14. The summed E-state index contributed by atoms with van der Waals surface area (Å²) in [6.07, 6.45) is 5.12. The van der Waals surface area contributed by atoms with Gasteiger partial charge in [0.25, 0.3) is 0 Å². The number of hydrogen-bond donors (Lipinski definition) is 2. The van der Waals surface area contributed by atoms with Crippen LogP contribution in [0.15, 0.2) is 12.7 Å². The Kier molecular flexibility index (Phi) is 5.81. The van der Waals surface area contributed by atoms with Crippen LogP contribution in [0.25, 0.3) is 11.2 Å². The van der Waals surface area contributed by atoms with Crippen molar-refractivity contribution < 1.29 is 14.4 Å². The Morgan fingerprint density at radius 2 is 2.24 bits per heavy atom. The van der Waals surface area contributed by atoms with Crippen LogP contribution < -0.4 is 5.73 Å². The second kappa shape index (κ2) is 7.61. The normalized spacial score (nSPS) is 21.9. The van der Waals surface area contributed by atoms with Gasteiger partial charge >= 0.3 is 0 Å². The molecule has 0 aliphatic carbocycles. The van der Waals surface area contributed by atoms with E-state index in [0.29, 0.717) is 23.6 Å². The molecule has 3 heterocycles. The van der Waals surface area contributed by atoms with Crippen LogP contribution in [0.5, 0.6) is 0 Å². The number of hydrogen-bond acceptors (Lipinski definition) is 7. The summed E-state index contributed by atoms with van der Waals surface area (Å²) in [7, 11) is 1.76. The molecule has 21 heavy (non-hydrogen) atoms. The molecule has 3 rings (SSSR count). The summed E-state index contributed by atoms with van der Waals surface area (Å²) in [6.45, 7) is 2.32. The molecule has 3 atom stereocenters. The minimum atomic E-state index is -0.0514. The van der Waals surface area contributed by atoms with Crippen LogP contribution in [0.1, 0.15) is 19.1 Å². The van der Waals surface area contributed by atoms with Gasteiger partial charge in [0.1, 0.15) is 18.1 Å². The number of fused-ring (bicyclic) bond motifs is 1. The van der Waals surface area contributed by atoms with Crippen molar-refractivity contribution in [2.75, 3.05) is 26.1 Å².